The average molecular weight is 203 g/mol. The third kappa shape index (κ3) is 1.55. The van der Waals surface area contributed by atoms with Gasteiger partial charge in [-0.1, -0.05) is 6.07 Å². The monoisotopic (exact) mass is 203 g/mol. The molecule has 0 bridgehead atoms. The summed E-state index contributed by atoms with van der Waals surface area (Å²) < 4.78 is 50.0. The van der Waals surface area contributed by atoms with Crippen LogP contribution < -0.4 is 0 Å². The summed E-state index contributed by atoms with van der Waals surface area (Å²) in [6, 6.07) is 3.50. The molecule has 0 aliphatic heterocycles. The van der Waals surface area contributed by atoms with Crippen molar-refractivity contribution in [3.63, 3.8) is 0 Å². The molecule has 1 rings (SSSR count). The van der Waals surface area contributed by atoms with Crippen molar-refractivity contribution in [2.24, 2.45) is 0 Å². The van der Waals surface area contributed by atoms with Gasteiger partial charge in [0.2, 0.25) is 0 Å². The molecular formula is C9H5F4N. The molecule has 1 aromatic heterocycles. The number of hydrogen-bond acceptors (Lipinski definition) is 1. The minimum atomic E-state index is -5.16. The van der Waals surface area contributed by atoms with Gasteiger partial charge in [-0.05, 0) is 18.1 Å². The molecule has 0 aliphatic rings. The summed E-state index contributed by atoms with van der Waals surface area (Å²) >= 11 is 0. The van der Waals surface area contributed by atoms with Crippen LogP contribution in [0.5, 0.6) is 0 Å². The predicted octanol–water partition coefficient (Wildman–Crippen LogP) is 2.44. The van der Waals surface area contributed by atoms with E-state index in [1.165, 1.54) is 12.1 Å². The second kappa shape index (κ2) is 3.29. The SMILES string of the molecule is C#CC(F)(c1ccccn1)C(F)(F)F. The summed E-state index contributed by atoms with van der Waals surface area (Å²) in [5.74, 6) is 1.08. The summed E-state index contributed by atoms with van der Waals surface area (Å²) in [6.45, 7) is 0. The third-order valence-corrected chi connectivity index (χ3v) is 1.61. The summed E-state index contributed by atoms with van der Waals surface area (Å²) in [5.41, 5.74) is -4.64. The summed E-state index contributed by atoms with van der Waals surface area (Å²) in [6.07, 6.45) is 0.432. The maximum atomic E-state index is 13.3. The second-order valence-electron chi connectivity index (χ2n) is 2.52. The molecule has 1 atom stereocenters. The first-order valence-corrected chi connectivity index (χ1v) is 3.57. The van der Waals surface area contributed by atoms with Crippen molar-refractivity contribution in [2.45, 2.75) is 11.8 Å². The zero-order valence-electron chi connectivity index (χ0n) is 6.85. The van der Waals surface area contributed by atoms with Gasteiger partial charge in [-0.3, -0.25) is 4.98 Å². The number of alkyl halides is 4. The first kappa shape index (κ1) is 10.5. The Morgan fingerprint density at radius 3 is 2.21 bits per heavy atom. The fourth-order valence-corrected chi connectivity index (χ4v) is 0.868. The Labute approximate surface area is 77.8 Å². The van der Waals surface area contributed by atoms with Gasteiger partial charge in [0.05, 0.1) is 5.69 Å². The Balaban J connectivity index is 3.25. The molecule has 1 aromatic rings. The van der Waals surface area contributed by atoms with Crippen molar-refractivity contribution in [1.82, 2.24) is 4.98 Å². The van der Waals surface area contributed by atoms with Gasteiger partial charge in [-0.2, -0.15) is 13.2 Å². The van der Waals surface area contributed by atoms with Crippen molar-refractivity contribution >= 4 is 0 Å². The lowest BCUT2D eigenvalue weighted by Crippen LogP contribution is -2.37. The van der Waals surface area contributed by atoms with Crippen LogP contribution >= 0.6 is 0 Å². The van der Waals surface area contributed by atoms with Gasteiger partial charge < -0.3 is 0 Å². The van der Waals surface area contributed by atoms with Crippen LogP contribution in [-0.4, -0.2) is 11.2 Å². The fraction of sp³-hybridized carbons (Fsp3) is 0.222. The second-order valence-corrected chi connectivity index (χ2v) is 2.52. The number of pyridine rings is 1. The molecule has 0 aromatic carbocycles. The zero-order valence-corrected chi connectivity index (χ0v) is 6.85. The zero-order chi connectivity index (χ0) is 10.8. The molecule has 0 amide bonds. The Morgan fingerprint density at radius 2 is 1.86 bits per heavy atom. The Morgan fingerprint density at radius 1 is 1.21 bits per heavy atom. The van der Waals surface area contributed by atoms with Gasteiger partial charge in [0.25, 0.3) is 0 Å². The minimum Gasteiger partial charge on any atom is -0.256 e. The number of nitrogens with zero attached hydrogens (tertiary/aromatic N) is 1. The smallest absolute Gasteiger partial charge is 0.256 e. The van der Waals surface area contributed by atoms with E-state index in [1.54, 1.807) is 0 Å². The number of terminal acetylenes is 1. The van der Waals surface area contributed by atoms with Crippen LogP contribution in [0.15, 0.2) is 24.4 Å². The average Bonchev–Trinajstić information content (AvgIpc) is 2.16. The van der Waals surface area contributed by atoms with Crippen LogP contribution in [0.4, 0.5) is 17.6 Å². The van der Waals surface area contributed by atoms with Gasteiger partial charge in [0.1, 0.15) is 0 Å². The molecule has 0 aliphatic carbocycles. The van der Waals surface area contributed by atoms with Gasteiger partial charge >= 0.3 is 11.8 Å². The van der Waals surface area contributed by atoms with E-state index in [4.69, 9.17) is 0 Å². The van der Waals surface area contributed by atoms with E-state index in [0.717, 1.165) is 18.2 Å². The molecule has 1 unspecified atom stereocenters. The molecular weight excluding hydrogens is 198 g/mol. The number of hydrogen-bond donors (Lipinski definition) is 0. The molecule has 1 nitrogen and oxygen atoms in total. The lowest BCUT2D eigenvalue weighted by atomic mass is 10.0. The lowest BCUT2D eigenvalue weighted by molar-refractivity contribution is -0.213. The van der Waals surface area contributed by atoms with Crippen LogP contribution in [0.25, 0.3) is 0 Å². The number of rotatable bonds is 1. The van der Waals surface area contributed by atoms with Crippen molar-refractivity contribution < 1.29 is 17.6 Å². The van der Waals surface area contributed by atoms with Crippen LogP contribution in [0, 0.1) is 12.3 Å². The van der Waals surface area contributed by atoms with Gasteiger partial charge in [0, 0.05) is 6.20 Å². The van der Waals surface area contributed by atoms with Crippen LogP contribution in [-0.2, 0) is 5.67 Å². The highest BCUT2D eigenvalue weighted by molar-refractivity contribution is 5.27. The predicted molar refractivity (Wildman–Crippen MR) is 41.9 cm³/mol. The molecule has 0 saturated heterocycles. The lowest BCUT2D eigenvalue weighted by Gasteiger charge is -2.21. The van der Waals surface area contributed by atoms with Crippen molar-refractivity contribution in [2.75, 3.05) is 0 Å². The van der Waals surface area contributed by atoms with Crippen molar-refractivity contribution in [3.8, 4) is 12.3 Å². The normalized spacial score (nSPS) is 15.6. The standard InChI is InChI=1S/C9H5F4N/c1-2-8(10,9(11,12)13)7-5-3-4-6-14-7/h1,3-6H. The Hall–Kier alpha value is -1.57. The molecule has 0 radical (unpaired) electrons. The number of aromatic nitrogens is 1. The van der Waals surface area contributed by atoms with Crippen molar-refractivity contribution in [1.29, 1.82) is 0 Å². The van der Waals surface area contributed by atoms with E-state index >= 15 is 0 Å². The Kier molecular flexibility index (Phi) is 2.47. The first-order valence-electron chi connectivity index (χ1n) is 3.57. The number of halogens is 4. The van der Waals surface area contributed by atoms with E-state index in [1.807, 2.05) is 0 Å². The van der Waals surface area contributed by atoms with E-state index in [2.05, 4.69) is 11.4 Å². The molecule has 1 heterocycles. The summed E-state index contributed by atoms with van der Waals surface area (Å²) in [4.78, 5) is 3.25. The van der Waals surface area contributed by atoms with Crippen LogP contribution in [0.1, 0.15) is 5.69 Å². The van der Waals surface area contributed by atoms with Crippen molar-refractivity contribution in [3.05, 3.63) is 30.1 Å². The van der Waals surface area contributed by atoms with Gasteiger partial charge in [-0.25, -0.2) is 4.39 Å². The molecule has 0 saturated carbocycles. The fourth-order valence-electron chi connectivity index (χ4n) is 0.868. The van der Waals surface area contributed by atoms with Gasteiger partial charge in [0.15, 0.2) is 0 Å². The molecule has 0 fully saturated rings. The molecule has 14 heavy (non-hydrogen) atoms. The highest BCUT2D eigenvalue weighted by Gasteiger charge is 2.57. The van der Waals surface area contributed by atoms with E-state index < -0.39 is 17.5 Å². The van der Waals surface area contributed by atoms with Gasteiger partial charge in [-0.15, -0.1) is 6.42 Å². The maximum absolute atomic E-state index is 13.3. The quantitative estimate of drug-likeness (QED) is 0.504. The maximum Gasteiger partial charge on any atom is 0.440 e. The van der Waals surface area contributed by atoms with E-state index in [9.17, 15) is 17.6 Å². The topological polar surface area (TPSA) is 12.9 Å². The first-order chi connectivity index (χ1) is 6.42. The summed E-state index contributed by atoms with van der Waals surface area (Å²) in [7, 11) is 0. The molecule has 0 spiro atoms. The molecule has 0 N–H and O–H groups in total. The molecule has 74 valence electrons. The third-order valence-electron chi connectivity index (χ3n) is 1.61. The van der Waals surface area contributed by atoms with E-state index in [-0.39, 0.29) is 0 Å². The Bertz CT molecular complexity index is 351. The highest BCUT2D eigenvalue weighted by atomic mass is 19.4. The van der Waals surface area contributed by atoms with E-state index in [0.29, 0.717) is 0 Å². The highest BCUT2D eigenvalue weighted by Crippen LogP contribution is 2.40. The molecule has 5 heteroatoms. The minimum absolute atomic E-state index is 0.824. The van der Waals surface area contributed by atoms with Crippen LogP contribution in [0.3, 0.4) is 0 Å². The largest absolute Gasteiger partial charge is 0.440 e. The summed E-state index contributed by atoms with van der Waals surface area (Å²) in [5, 5.41) is 0. The van der Waals surface area contributed by atoms with Crippen LogP contribution in [0.2, 0.25) is 0 Å².